The predicted octanol–water partition coefficient (Wildman–Crippen LogP) is 2.86. The van der Waals surface area contributed by atoms with Crippen LogP contribution < -0.4 is 11.1 Å². The highest BCUT2D eigenvalue weighted by Gasteiger charge is 2.03. The first-order valence-electron chi connectivity index (χ1n) is 4.05. The van der Waals surface area contributed by atoms with E-state index in [1.807, 2.05) is 25.1 Å². The maximum Gasteiger partial charge on any atom is 0.0638 e. The molecule has 2 nitrogen and oxygen atoms in total. The molecule has 0 heterocycles. The van der Waals surface area contributed by atoms with Crippen molar-refractivity contribution in [1.82, 2.24) is 0 Å². The molecule has 0 amide bonds. The minimum Gasteiger partial charge on any atom is -0.380 e. The third-order valence-electron chi connectivity index (χ3n) is 1.68. The van der Waals surface area contributed by atoms with Crippen LogP contribution in [0.1, 0.15) is 6.92 Å². The predicted molar refractivity (Wildman–Crippen MR) is 61.3 cm³/mol. The van der Waals surface area contributed by atoms with Crippen LogP contribution in [-0.2, 0) is 0 Å². The Morgan fingerprint density at radius 2 is 2.31 bits per heavy atom. The van der Waals surface area contributed by atoms with E-state index in [-0.39, 0.29) is 6.04 Å². The van der Waals surface area contributed by atoms with E-state index in [0.717, 1.165) is 10.2 Å². The fraction of sp³-hybridized carbons (Fsp3) is 0.333. The number of nitrogens with one attached hydrogen (secondary N) is 1. The number of hydrogen-bond donors (Lipinski definition) is 2. The van der Waals surface area contributed by atoms with Crippen molar-refractivity contribution in [2.75, 3.05) is 11.9 Å². The lowest BCUT2D eigenvalue weighted by atomic mass is 10.2. The smallest absolute Gasteiger partial charge is 0.0638 e. The maximum atomic E-state index is 5.97. The van der Waals surface area contributed by atoms with Crippen molar-refractivity contribution in [3.8, 4) is 0 Å². The fourth-order valence-electron chi connectivity index (χ4n) is 0.932. The van der Waals surface area contributed by atoms with Gasteiger partial charge in [0.25, 0.3) is 0 Å². The molecule has 72 valence electrons. The highest BCUT2D eigenvalue weighted by atomic mass is 79.9. The number of rotatable bonds is 3. The lowest BCUT2D eigenvalue weighted by Gasteiger charge is -2.14. The Morgan fingerprint density at radius 3 is 2.92 bits per heavy atom. The first-order valence-corrected chi connectivity index (χ1v) is 5.22. The third-order valence-corrected chi connectivity index (χ3v) is 2.51. The number of nitrogens with two attached hydrogens (primary N) is 1. The highest BCUT2D eigenvalue weighted by molar-refractivity contribution is 9.10. The molecule has 1 atom stereocenters. The van der Waals surface area contributed by atoms with E-state index in [4.69, 9.17) is 17.3 Å². The molecule has 1 aromatic carbocycles. The topological polar surface area (TPSA) is 38.0 Å². The standard InChI is InChI=1S/C9H12BrClN2/c1-6(5-12)13-9-4-7(10)2-3-8(9)11/h2-4,6,13H,5,12H2,1H3. The van der Waals surface area contributed by atoms with Gasteiger partial charge >= 0.3 is 0 Å². The van der Waals surface area contributed by atoms with Crippen LogP contribution in [0.2, 0.25) is 5.02 Å². The molecule has 0 aromatic heterocycles. The van der Waals surface area contributed by atoms with Gasteiger partial charge in [-0.2, -0.15) is 0 Å². The van der Waals surface area contributed by atoms with Crippen LogP contribution in [0.15, 0.2) is 22.7 Å². The van der Waals surface area contributed by atoms with E-state index in [1.54, 1.807) is 0 Å². The second-order valence-electron chi connectivity index (χ2n) is 2.91. The Balaban J connectivity index is 2.81. The van der Waals surface area contributed by atoms with Crippen molar-refractivity contribution in [2.45, 2.75) is 13.0 Å². The zero-order valence-corrected chi connectivity index (χ0v) is 9.69. The van der Waals surface area contributed by atoms with Crippen molar-refractivity contribution in [1.29, 1.82) is 0 Å². The van der Waals surface area contributed by atoms with Gasteiger partial charge in [0.2, 0.25) is 0 Å². The van der Waals surface area contributed by atoms with Gasteiger partial charge in [0, 0.05) is 17.1 Å². The molecule has 0 aliphatic heterocycles. The van der Waals surface area contributed by atoms with Crippen LogP contribution in [-0.4, -0.2) is 12.6 Å². The Kier molecular flexibility index (Phi) is 4.03. The first kappa shape index (κ1) is 10.8. The van der Waals surface area contributed by atoms with E-state index >= 15 is 0 Å². The van der Waals surface area contributed by atoms with E-state index in [1.165, 1.54) is 0 Å². The number of hydrogen-bond acceptors (Lipinski definition) is 2. The van der Waals surface area contributed by atoms with Crippen LogP contribution in [0.5, 0.6) is 0 Å². The molecule has 0 spiro atoms. The summed E-state index contributed by atoms with van der Waals surface area (Å²) in [6.07, 6.45) is 0. The normalized spacial score (nSPS) is 12.6. The van der Waals surface area contributed by atoms with Crippen molar-refractivity contribution in [3.63, 3.8) is 0 Å². The highest BCUT2D eigenvalue weighted by Crippen LogP contribution is 2.25. The number of halogens is 2. The minimum atomic E-state index is 0.229. The average Bonchev–Trinajstić information content (AvgIpc) is 2.11. The quantitative estimate of drug-likeness (QED) is 0.880. The van der Waals surface area contributed by atoms with Crippen LogP contribution in [0.4, 0.5) is 5.69 Å². The van der Waals surface area contributed by atoms with Gasteiger partial charge in [-0.3, -0.25) is 0 Å². The fourth-order valence-corrected chi connectivity index (χ4v) is 1.47. The van der Waals surface area contributed by atoms with Gasteiger partial charge in [0.1, 0.15) is 0 Å². The molecule has 0 radical (unpaired) electrons. The summed E-state index contributed by atoms with van der Waals surface area (Å²) < 4.78 is 1.00. The third kappa shape index (κ3) is 3.18. The minimum absolute atomic E-state index is 0.229. The molecule has 3 N–H and O–H groups in total. The summed E-state index contributed by atoms with van der Waals surface area (Å²) in [6.45, 7) is 2.60. The second-order valence-corrected chi connectivity index (χ2v) is 4.23. The zero-order valence-electron chi connectivity index (χ0n) is 7.35. The molecule has 0 saturated heterocycles. The zero-order chi connectivity index (χ0) is 9.84. The largest absolute Gasteiger partial charge is 0.380 e. The summed E-state index contributed by atoms with van der Waals surface area (Å²) in [5, 5.41) is 3.93. The lowest BCUT2D eigenvalue weighted by Crippen LogP contribution is -2.25. The van der Waals surface area contributed by atoms with Gasteiger partial charge in [0.05, 0.1) is 10.7 Å². The summed E-state index contributed by atoms with van der Waals surface area (Å²) in [4.78, 5) is 0. The maximum absolute atomic E-state index is 5.97. The molecule has 0 fully saturated rings. The summed E-state index contributed by atoms with van der Waals surface area (Å²) in [7, 11) is 0. The molecule has 1 rings (SSSR count). The lowest BCUT2D eigenvalue weighted by molar-refractivity contribution is 0.804. The van der Waals surface area contributed by atoms with Crippen molar-refractivity contribution < 1.29 is 0 Å². The Hall–Kier alpha value is -0.250. The van der Waals surface area contributed by atoms with E-state index in [2.05, 4.69) is 21.2 Å². The summed E-state index contributed by atoms with van der Waals surface area (Å²) in [6, 6.07) is 5.92. The first-order chi connectivity index (χ1) is 6.13. The van der Waals surface area contributed by atoms with Gasteiger partial charge in [-0.1, -0.05) is 27.5 Å². The van der Waals surface area contributed by atoms with Crippen LogP contribution in [0.3, 0.4) is 0 Å². The van der Waals surface area contributed by atoms with E-state index in [0.29, 0.717) is 11.6 Å². The SMILES string of the molecule is CC(CN)Nc1cc(Br)ccc1Cl. The van der Waals surface area contributed by atoms with Gasteiger partial charge in [-0.05, 0) is 25.1 Å². The summed E-state index contributed by atoms with van der Waals surface area (Å²) in [5.41, 5.74) is 6.40. The summed E-state index contributed by atoms with van der Waals surface area (Å²) >= 11 is 9.35. The van der Waals surface area contributed by atoms with Crippen molar-refractivity contribution in [2.24, 2.45) is 5.73 Å². The van der Waals surface area contributed by atoms with Crippen LogP contribution >= 0.6 is 27.5 Å². The Bertz CT molecular complexity index is 291. The van der Waals surface area contributed by atoms with Crippen molar-refractivity contribution in [3.05, 3.63) is 27.7 Å². The van der Waals surface area contributed by atoms with Gasteiger partial charge in [-0.25, -0.2) is 0 Å². The molecule has 0 aliphatic carbocycles. The molecular formula is C9H12BrClN2. The van der Waals surface area contributed by atoms with Crippen LogP contribution in [0, 0.1) is 0 Å². The molecular weight excluding hydrogens is 251 g/mol. The Labute approximate surface area is 91.6 Å². The molecule has 13 heavy (non-hydrogen) atoms. The van der Waals surface area contributed by atoms with Gasteiger partial charge < -0.3 is 11.1 Å². The van der Waals surface area contributed by atoms with Gasteiger partial charge in [-0.15, -0.1) is 0 Å². The second kappa shape index (κ2) is 4.84. The number of anilines is 1. The molecule has 4 heteroatoms. The molecule has 0 bridgehead atoms. The monoisotopic (exact) mass is 262 g/mol. The van der Waals surface area contributed by atoms with E-state index in [9.17, 15) is 0 Å². The average molecular weight is 264 g/mol. The van der Waals surface area contributed by atoms with Crippen LogP contribution in [0.25, 0.3) is 0 Å². The van der Waals surface area contributed by atoms with Gasteiger partial charge in [0.15, 0.2) is 0 Å². The molecule has 0 aliphatic rings. The molecule has 1 aromatic rings. The Morgan fingerprint density at radius 1 is 1.62 bits per heavy atom. The van der Waals surface area contributed by atoms with E-state index < -0.39 is 0 Å². The molecule has 1 unspecified atom stereocenters. The van der Waals surface area contributed by atoms with Crippen molar-refractivity contribution >= 4 is 33.2 Å². The summed E-state index contributed by atoms with van der Waals surface area (Å²) in [5.74, 6) is 0. The molecule has 0 saturated carbocycles. The number of benzene rings is 1.